The Balaban J connectivity index is 1.64. The molecule has 1 fully saturated rings. The average Bonchev–Trinajstić information content (AvgIpc) is 2.92. The Bertz CT molecular complexity index is 714. The SMILES string of the molecule is CC(C)(C)C(=O)NC1CCN(c2nc3c(F)cccc3s2)CC1. The van der Waals surface area contributed by atoms with Gasteiger partial charge in [0.05, 0.1) is 4.70 Å². The van der Waals surface area contributed by atoms with Gasteiger partial charge < -0.3 is 10.2 Å². The van der Waals surface area contributed by atoms with Crippen LogP contribution in [0.15, 0.2) is 18.2 Å². The number of amides is 1. The molecule has 23 heavy (non-hydrogen) atoms. The van der Waals surface area contributed by atoms with Crippen LogP contribution in [0.1, 0.15) is 33.6 Å². The monoisotopic (exact) mass is 335 g/mol. The molecule has 0 saturated carbocycles. The van der Waals surface area contributed by atoms with Gasteiger partial charge in [-0.15, -0.1) is 0 Å². The number of fused-ring (bicyclic) bond motifs is 1. The Morgan fingerprint density at radius 3 is 2.65 bits per heavy atom. The number of nitrogens with one attached hydrogen (secondary N) is 1. The van der Waals surface area contributed by atoms with Crippen LogP contribution < -0.4 is 10.2 Å². The highest BCUT2D eigenvalue weighted by Crippen LogP contribution is 2.31. The van der Waals surface area contributed by atoms with Crippen LogP contribution in [0.25, 0.3) is 10.2 Å². The molecule has 1 aliphatic heterocycles. The van der Waals surface area contributed by atoms with E-state index in [1.165, 1.54) is 17.4 Å². The Hall–Kier alpha value is -1.69. The number of hydrogen-bond donors (Lipinski definition) is 1. The van der Waals surface area contributed by atoms with E-state index in [4.69, 9.17) is 0 Å². The van der Waals surface area contributed by atoms with Crippen molar-refractivity contribution in [1.82, 2.24) is 10.3 Å². The predicted molar refractivity (Wildman–Crippen MR) is 92.4 cm³/mol. The summed E-state index contributed by atoms with van der Waals surface area (Å²) in [6.45, 7) is 7.43. The van der Waals surface area contributed by atoms with Crippen LogP contribution in [0.5, 0.6) is 0 Å². The first-order valence-electron chi connectivity index (χ1n) is 7.95. The normalized spacial score (nSPS) is 16.8. The molecule has 1 aliphatic rings. The van der Waals surface area contributed by atoms with E-state index in [1.54, 1.807) is 6.07 Å². The Morgan fingerprint density at radius 2 is 2.04 bits per heavy atom. The molecule has 1 saturated heterocycles. The molecule has 0 unspecified atom stereocenters. The molecule has 2 heterocycles. The lowest BCUT2D eigenvalue weighted by atomic mass is 9.94. The topological polar surface area (TPSA) is 45.2 Å². The molecule has 0 bridgehead atoms. The molecule has 0 radical (unpaired) electrons. The van der Waals surface area contributed by atoms with Crippen molar-refractivity contribution in [2.75, 3.05) is 18.0 Å². The molecule has 6 heteroatoms. The van der Waals surface area contributed by atoms with Crippen LogP contribution in [-0.2, 0) is 4.79 Å². The van der Waals surface area contributed by atoms with Crippen LogP contribution in [0.2, 0.25) is 0 Å². The Labute approximate surface area is 139 Å². The third kappa shape index (κ3) is 3.47. The van der Waals surface area contributed by atoms with Crippen molar-refractivity contribution in [3.63, 3.8) is 0 Å². The smallest absolute Gasteiger partial charge is 0.225 e. The van der Waals surface area contributed by atoms with E-state index in [9.17, 15) is 9.18 Å². The van der Waals surface area contributed by atoms with Crippen LogP contribution in [-0.4, -0.2) is 30.0 Å². The number of anilines is 1. The molecular weight excluding hydrogens is 313 g/mol. The first-order valence-corrected chi connectivity index (χ1v) is 8.77. The molecule has 124 valence electrons. The second-order valence-electron chi connectivity index (χ2n) is 7.07. The number of carbonyl (C=O) groups excluding carboxylic acids is 1. The van der Waals surface area contributed by atoms with Crippen molar-refractivity contribution < 1.29 is 9.18 Å². The van der Waals surface area contributed by atoms with Crippen LogP contribution in [0.4, 0.5) is 9.52 Å². The summed E-state index contributed by atoms with van der Waals surface area (Å²) < 4.78 is 14.6. The zero-order chi connectivity index (χ0) is 16.6. The maximum absolute atomic E-state index is 13.8. The molecule has 3 rings (SSSR count). The lowest BCUT2D eigenvalue weighted by Gasteiger charge is -2.33. The number of nitrogens with zero attached hydrogens (tertiary/aromatic N) is 2. The van der Waals surface area contributed by atoms with Gasteiger partial charge in [-0.05, 0) is 25.0 Å². The van der Waals surface area contributed by atoms with Crippen LogP contribution >= 0.6 is 11.3 Å². The molecule has 1 amide bonds. The zero-order valence-corrected chi connectivity index (χ0v) is 14.5. The minimum atomic E-state index is -0.359. The van der Waals surface area contributed by atoms with Gasteiger partial charge in [0.25, 0.3) is 0 Å². The van der Waals surface area contributed by atoms with Crippen molar-refractivity contribution in [2.24, 2.45) is 5.41 Å². The highest BCUT2D eigenvalue weighted by Gasteiger charge is 2.27. The van der Waals surface area contributed by atoms with Gasteiger partial charge in [-0.25, -0.2) is 9.37 Å². The van der Waals surface area contributed by atoms with Gasteiger partial charge in [0.1, 0.15) is 11.3 Å². The van der Waals surface area contributed by atoms with E-state index in [0.29, 0.717) is 5.52 Å². The fourth-order valence-corrected chi connectivity index (χ4v) is 3.69. The summed E-state index contributed by atoms with van der Waals surface area (Å²) in [4.78, 5) is 18.7. The molecule has 0 spiro atoms. The van der Waals surface area contributed by atoms with Gasteiger partial charge >= 0.3 is 0 Å². The second kappa shape index (κ2) is 6.07. The fraction of sp³-hybridized carbons (Fsp3) is 0.529. The van der Waals surface area contributed by atoms with E-state index in [-0.39, 0.29) is 23.2 Å². The maximum Gasteiger partial charge on any atom is 0.225 e. The molecule has 1 aromatic carbocycles. The highest BCUT2D eigenvalue weighted by atomic mass is 32.1. The number of benzene rings is 1. The van der Waals surface area contributed by atoms with Crippen LogP contribution in [0.3, 0.4) is 0 Å². The fourth-order valence-electron chi connectivity index (χ4n) is 2.66. The number of rotatable bonds is 2. The Morgan fingerprint density at radius 1 is 1.35 bits per heavy atom. The van der Waals surface area contributed by atoms with Gasteiger partial charge in [0.2, 0.25) is 5.91 Å². The van der Waals surface area contributed by atoms with Crippen molar-refractivity contribution in [3.8, 4) is 0 Å². The lowest BCUT2D eigenvalue weighted by molar-refractivity contribution is -0.129. The number of halogens is 1. The van der Waals surface area contributed by atoms with Gasteiger partial charge in [0.15, 0.2) is 5.13 Å². The number of para-hydroxylation sites is 1. The number of aromatic nitrogens is 1. The summed E-state index contributed by atoms with van der Waals surface area (Å²) in [7, 11) is 0. The molecule has 0 atom stereocenters. The van der Waals surface area contributed by atoms with E-state index in [2.05, 4.69) is 15.2 Å². The first kappa shape index (κ1) is 16.2. The van der Waals surface area contributed by atoms with E-state index in [0.717, 1.165) is 35.8 Å². The summed E-state index contributed by atoms with van der Waals surface area (Å²) in [5.41, 5.74) is 0.0949. The third-order valence-electron chi connectivity index (χ3n) is 4.14. The summed E-state index contributed by atoms with van der Waals surface area (Å²) in [6.07, 6.45) is 1.78. The standard InChI is InChI=1S/C17H22FN3OS/c1-17(2,3)15(22)19-11-7-9-21(10-8-11)16-20-14-12(18)5-4-6-13(14)23-16/h4-6,11H,7-10H2,1-3H3,(H,19,22). The average molecular weight is 335 g/mol. The summed E-state index contributed by atoms with van der Waals surface area (Å²) in [5, 5.41) is 3.99. The van der Waals surface area contributed by atoms with Gasteiger partial charge in [0, 0.05) is 24.5 Å². The molecule has 1 aromatic heterocycles. The quantitative estimate of drug-likeness (QED) is 0.912. The van der Waals surface area contributed by atoms with Crippen molar-refractivity contribution in [3.05, 3.63) is 24.0 Å². The zero-order valence-electron chi connectivity index (χ0n) is 13.7. The van der Waals surface area contributed by atoms with Gasteiger partial charge in [-0.1, -0.05) is 38.2 Å². The summed E-state index contributed by atoms with van der Waals surface area (Å²) in [6, 6.07) is 5.27. The summed E-state index contributed by atoms with van der Waals surface area (Å²) >= 11 is 1.52. The largest absolute Gasteiger partial charge is 0.353 e. The minimum Gasteiger partial charge on any atom is -0.353 e. The summed E-state index contributed by atoms with van der Waals surface area (Å²) in [5.74, 6) is -0.171. The maximum atomic E-state index is 13.8. The van der Waals surface area contributed by atoms with Gasteiger partial charge in [-0.2, -0.15) is 0 Å². The highest BCUT2D eigenvalue weighted by molar-refractivity contribution is 7.22. The lowest BCUT2D eigenvalue weighted by Crippen LogP contribution is -2.47. The van der Waals surface area contributed by atoms with E-state index >= 15 is 0 Å². The number of thiazole rings is 1. The van der Waals surface area contributed by atoms with E-state index in [1.807, 2.05) is 26.8 Å². The van der Waals surface area contributed by atoms with Gasteiger partial charge in [-0.3, -0.25) is 4.79 Å². The van der Waals surface area contributed by atoms with Crippen molar-refractivity contribution in [1.29, 1.82) is 0 Å². The molecule has 1 N–H and O–H groups in total. The molecular formula is C17H22FN3OS. The molecule has 2 aromatic rings. The van der Waals surface area contributed by atoms with Crippen LogP contribution in [0, 0.1) is 11.2 Å². The van der Waals surface area contributed by atoms with Crippen molar-refractivity contribution >= 4 is 32.6 Å². The van der Waals surface area contributed by atoms with Crippen molar-refractivity contribution in [2.45, 2.75) is 39.7 Å². The Kier molecular flexibility index (Phi) is 4.27. The number of piperidine rings is 1. The third-order valence-corrected chi connectivity index (χ3v) is 5.22. The number of hydrogen-bond acceptors (Lipinski definition) is 4. The molecule has 0 aliphatic carbocycles. The second-order valence-corrected chi connectivity index (χ2v) is 8.08. The van der Waals surface area contributed by atoms with E-state index < -0.39 is 0 Å². The molecule has 4 nitrogen and oxygen atoms in total. The minimum absolute atomic E-state index is 0.0954. The number of carbonyl (C=O) groups is 1. The predicted octanol–water partition coefficient (Wildman–Crippen LogP) is 3.57. The first-order chi connectivity index (χ1) is 10.8.